The van der Waals surface area contributed by atoms with Gasteiger partial charge in [0.25, 0.3) is 11.8 Å². The summed E-state index contributed by atoms with van der Waals surface area (Å²) in [5.74, 6) is -0.112. The van der Waals surface area contributed by atoms with Crippen LogP contribution < -0.4 is 20.9 Å². The van der Waals surface area contributed by atoms with Crippen LogP contribution >= 0.6 is 0 Å². The summed E-state index contributed by atoms with van der Waals surface area (Å²) >= 11 is 0. The van der Waals surface area contributed by atoms with Crippen LogP contribution in [0.4, 0.5) is 0 Å². The van der Waals surface area contributed by atoms with Gasteiger partial charge in [-0.2, -0.15) is 0 Å². The van der Waals surface area contributed by atoms with E-state index in [0.717, 1.165) is 0 Å². The van der Waals surface area contributed by atoms with E-state index in [-0.39, 0.29) is 13.2 Å². The van der Waals surface area contributed by atoms with Gasteiger partial charge in [-0.3, -0.25) is 9.59 Å². The van der Waals surface area contributed by atoms with E-state index in [9.17, 15) is 9.59 Å². The molecule has 0 bridgehead atoms. The Bertz CT molecular complexity index is 338. The standard InChI is InChI=1S/C10H12N2O4/c11-9(13)5-15-7-1-2-8(4-3-7)16-6-10(12)14/h1-4H,5-6H2,(H2,11,13)(H2,12,14). The van der Waals surface area contributed by atoms with Crippen LogP contribution in [0.3, 0.4) is 0 Å². The quantitative estimate of drug-likeness (QED) is 0.674. The lowest BCUT2D eigenvalue weighted by Crippen LogP contribution is -2.20. The van der Waals surface area contributed by atoms with Crippen molar-refractivity contribution in [1.29, 1.82) is 0 Å². The van der Waals surface area contributed by atoms with E-state index in [1.165, 1.54) is 0 Å². The normalized spacial score (nSPS) is 9.50. The Morgan fingerprint density at radius 1 is 0.875 bits per heavy atom. The van der Waals surface area contributed by atoms with Gasteiger partial charge in [-0.1, -0.05) is 0 Å². The summed E-state index contributed by atoms with van der Waals surface area (Å²) in [4.78, 5) is 20.9. The summed E-state index contributed by atoms with van der Waals surface area (Å²) in [5.41, 5.74) is 9.82. The van der Waals surface area contributed by atoms with Crippen LogP contribution in [-0.2, 0) is 9.59 Å². The van der Waals surface area contributed by atoms with Crippen molar-refractivity contribution in [3.05, 3.63) is 24.3 Å². The van der Waals surface area contributed by atoms with Crippen molar-refractivity contribution in [2.45, 2.75) is 0 Å². The largest absolute Gasteiger partial charge is 0.484 e. The molecule has 4 N–H and O–H groups in total. The highest BCUT2D eigenvalue weighted by molar-refractivity contribution is 5.75. The second kappa shape index (κ2) is 5.59. The fraction of sp³-hybridized carbons (Fsp3) is 0.200. The van der Waals surface area contributed by atoms with Crippen molar-refractivity contribution in [3.63, 3.8) is 0 Å². The van der Waals surface area contributed by atoms with E-state index in [1.807, 2.05) is 0 Å². The van der Waals surface area contributed by atoms with Crippen LogP contribution in [-0.4, -0.2) is 25.0 Å². The molecule has 0 aromatic heterocycles. The fourth-order valence-corrected chi connectivity index (χ4v) is 0.941. The van der Waals surface area contributed by atoms with Gasteiger partial charge in [0.2, 0.25) is 0 Å². The van der Waals surface area contributed by atoms with Gasteiger partial charge in [-0.05, 0) is 24.3 Å². The average Bonchev–Trinajstić information content (AvgIpc) is 2.25. The molecule has 1 rings (SSSR count). The van der Waals surface area contributed by atoms with Crippen molar-refractivity contribution < 1.29 is 19.1 Å². The number of primary amides is 2. The third-order valence-corrected chi connectivity index (χ3v) is 1.59. The molecular formula is C10H12N2O4. The minimum absolute atomic E-state index is 0.179. The zero-order valence-corrected chi connectivity index (χ0v) is 8.51. The van der Waals surface area contributed by atoms with Crippen molar-refractivity contribution >= 4 is 11.8 Å². The van der Waals surface area contributed by atoms with E-state index < -0.39 is 11.8 Å². The van der Waals surface area contributed by atoms with Gasteiger partial charge in [-0.25, -0.2) is 0 Å². The molecule has 1 aromatic rings. The number of benzene rings is 1. The minimum Gasteiger partial charge on any atom is -0.484 e. The number of carbonyl (C=O) groups excluding carboxylic acids is 2. The summed E-state index contributed by atoms with van der Waals surface area (Å²) < 4.78 is 10.1. The van der Waals surface area contributed by atoms with E-state index >= 15 is 0 Å². The van der Waals surface area contributed by atoms with Crippen molar-refractivity contribution in [2.75, 3.05) is 13.2 Å². The Kier molecular flexibility index (Phi) is 4.14. The van der Waals surface area contributed by atoms with Crippen LogP contribution in [0.2, 0.25) is 0 Å². The SMILES string of the molecule is NC(=O)COc1ccc(OCC(N)=O)cc1. The number of amides is 2. The molecule has 0 saturated carbocycles. The molecule has 6 heteroatoms. The molecule has 0 aliphatic rings. The topological polar surface area (TPSA) is 105 Å². The second-order valence-corrected chi connectivity index (χ2v) is 2.98. The Labute approximate surface area is 92.1 Å². The minimum atomic E-state index is -0.547. The summed E-state index contributed by atoms with van der Waals surface area (Å²) in [6.45, 7) is -0.358. The van der Waals surface area contributed by atoms with Crippen LogP contribution in [0.1, 0.15) is 0 Å². The molecule has 0 unspecified atom stereocenters. The molecule has 86 valence electrons. The zero-order valence-electron chi connectivity index (χ0n) is 8.51. The monoisotopic (exact) mass is 224 g/mol. The molecule has 16 heavy (non-hydrogen) atoms. The van der Waals surface area contributed by atoms with Gasteiger partial charge in [0.05, 0.1) is 0 Å². The van der Waals surface area contributed by atoms with Crippen LogP contribution in [0.25, 0.3) is 0 Å². The fourth-order valence-electron chi connectivity index (χ4n) is 0.941. The number of hydrogen-bond donors (Lipinski definition) is 2. The molecule has 0 radical (unpaired) electrons. The van der Waals surface area contributed by atoms with E-state index in [1.54, 1.807) is 24.3 Å². The second-order valence-electron chi connectivity index (χ2n) is 2.98. The Hall–Kier alpha value is -2.24. The maximum atomic E-state index is 10.4. The predicted molar refractivity (Wildman–Crippen MR) is 55.8 cm³/mol. The van der Waals surface area contributed by atoms with E-state index in [4.69, 9.17) is 20.9 Å². The molecule has 2 amide bonds. The zero-order chi connectivity index (χ0) is 12.0. The number of nitrogens with two attached hydrogens (primary N) is 2. The van der Waals surface area contributed by atoms with Crippen LogP contribution in [0.15, 0.2) is 24.3 Å². The Balaban J connectivity index is 2.47. The lowest BCUT2D eigenvalue weighted by molar-refractivity contribution is -0.120. The first-order chi connectivity index (χ1) is 7.58. The Morgan fingerprint density at radius 3 is 1.44 bits per heavy atom. The summed E-state index contributed by atoms with van der Waals surface area (Å²) in [5, 5.41) is 0. The molecule has 1 aromatic carbocycles. The molecule has 0 fully saturated rings. The third kappa shape index (κ3) is 4.32. The van der Waals surface area contributed by atoms with Crippen molar-refractivity contribution in [3.8, 4) is 11.5 Å². The van der Waals surface area contributed by atoms with Crippen LogP contribution in [0, 0.1) is 0 Å². The van der Waals surface area contributed by atoms with Crippen molar-refractivity contribution in [1.82, 2.24) is 0 Å². The summed E-state index contributed by atoms with van der Waals surface area (Å²) in [6.07, 6.45) is 0. The lowest BCUT2D eigenvalue weighted by atomic mass is 10.3. The molecule has 0 atom stereocenters. The summed E-state index contributed by atoms with van der Waals surface area (Å²) in [6, 6.07) is 6.39. The molecule has 0 aliphatic carbocycles. The first kappa shape index (κ1) is 11.8. The number of rotatable bonds is 6. The first-order valence-electron chi connectivity index (χ1n) is 4.50. The highest BCUT2D eigenvalue weighted by Gasteiger charge is 2.00. The van der Waals surface area contributed by atoms with E-state index in [2.05, 4.69) is 0 Å². The van der Waals surface area contributed by atoms with Crippen LogP contribution in [0.5, 0.6) is 11.5 Å². The third-order valence-electron chi connectivity index (χ3n) is 1.59. The van der Waals surface area contributed by atoms with Gasteiger partial charge in [0, 0.05) is 0 Å². The highest BCUT2D eigenvalue weighted by atomic mass is 16.5. The van der Waals surface area contributed by atoms with Gasteiger partial charge in [-0.15, -0.1) is 0 Å². The van der Waals surface area contributed by atoms with Gasteiger partial charge in [0.1, 0.15) is 11.5 Å². The molecular weight excluding hydrogens is 212 g/mol. The summed E-state index contributed by atoms with van der Waals surface area (Å²) in [7, 11) is 0. The first-order valence-corrected chi connectivity index (χ1v) is 4.50. The molecule has 6 nitrogen and oxygen atoms in total. The van der Waals surface area contributed by atoms with Gasteiger partial charge >= 0.3 is 0 Å². The molecule has 0 spiro atoms. The van der Waals surface area contributed by atoms with E-state index in [0.29, 0.717) is 11.5 Å². The van der Waals surface area contributed by atoms with Crippen molar-refractivity contribution in [2.24, 2.45) is 11.5 Å². The van der Waals surface area contributed by atoms with Gasteiger partial charge < -0.3 is 20.9 Å². The molecule has 0 aliphatic heterocycles. The Morgan fingerprint density at radius 2 is 1.19 bits per heavy atom. The maximum absolute atomic E-state index is 10.4. The number of ether oxygens (including phenoxy) is 2. The average molecular weight is 224 g/mol. The lowest BCUT2D eigenvalue weighted by Gasteiger charge is -2.06. The number of hydrogen-bond acceptors (Lipinski definition) is 4. The van der Waals surface area contributed by atoms with Gasteiger partial charge in [0.15, 0.2) is 13.2 Å². The molecule has 0 heterocycles. The molecule has 0 saturated heterocycles. The maximum Gasteiger partial charge on any atom is 0.255 e. The number of carbonyl (C=O) groups is 2. The predicted octanol–water partition coefficient (Wildman–Crippen LogP) is -0.585. The highest BCUT2D eigenvalue weighted by Crippen LogP contribution is 2.17. The smallest absolute Gasteiger partial charge is 0.255 e.